The van der Waals surface area contributed by atoms with Gasteiger partial charge in [-0.15, -0.1) is 0 Å². The van der Waals surface area contributed by atoms with Crippen molar-refractivity contribution in [1.82, 2.24) is 14.5 Å². The third-order valence-corrected chi connectivity index (χ3v) is 4.47. The van der Waals surface area contributed by atoms with Crippen molar-refractivity contribution >= 4 is 11.0 Å². The van der Waals surface area contributed by atoms with Gasteiger partial charge in [0.2, 0.25) is 5.82 Å². The zero-order chi connectivity index (χ0) is 14.7. The number of nitriles is 1. The average Bonchev–Trinajstić information content (AvgIpc) is 2.90. The lowest BCUT2D eigenvalue weighted by molar-refractivity contribution is 0.266. The van der Waals surface area contributed by atoms with Gasteiger partial charge in [-0.25, -0.2) is 9.97 Å². The molecule has 3 rings (SSSR count). The molecular formula is C16H20N4O. The fourth-order valence-corrected chi connectivity index (χ4v) is 3.32. The van der Waals surface area contributed by atoms with E-state index in [1.165, 1.54) is 32.1 Å². The summed E-state index contributed by atoms with van der Waals surface area (Å²) in [6.45, 7) is 0.842. The Morgan fingerprint density at radius 1 is 1.33 bits per heavy atom. The third-order valence-electron chi connectivity index (χ3n) is 4.47. The van der Waals surface area contributed by atoms with Crippen molar-refractivity contribution in [2.75, 3.05) is 0 Å². The Kier molecular flexibility index (Phi) is 4.16. The van der Waals surface area contributed by atoms with E-state index < -0.39 is 0 Å². The highest BCUT2D eigenvalue weighted by atomic mass is 16.3. The van der Waals surface area contributed by atoms with Crippen LogP contribution in [0.5, 0.6) is 0 Å². The average molecular weight is 284 g/mol. The second-order valence-electron chi connectivity index (χ2n) is 5.82. The van der Waals surface area contributed by atoms with Crippen molar-refractivity contribution in [2.45, 2.75) is 51.7 Å². The summed E-state index contributed by atoms with van der Waals surface area (Å²) in [5.74, 6) is 0.962. The van der Waals surface area contributed by atoms with Crippen LogP contribution in [-0.2, 0) is 13.2 Å². The maximum Gasteiger partial charge on any atom is 0.234 e. The molecule has 110 valence electrons. The van der Waals surface area contributed by atoms with Gasteiger partial charge < -0.3 is 9.67 Å². The minimum atomic E-state index is -0.0110. The van der Waals surface area contributed by atoms with Crippen LogP contribution in [0.1, 0.15) is 50.0 Å². The molecule has 0 radical (unpaired) electrons. The molecule has 0 unspecified atom stereocenters. The summed E-state index contributed by atoms with van der Waals surface area (Å²) in [5, 5.41) is 19.4. The van der Waals surface area contributed by atoms with Gasteiger partial charge in [0.1, 0.15) is 11.7 Å². The molecule has 1 saturated carbocycles. The van der Waals surface area contributed by atoms with Crippen LogP contribution in [0.2, 0.25) is 0 Å². The minimum absolute atomic E-state index is 0.0110. The summed E-state index contributed by atoms with van der Waals surface area (Å²) in [6.07, 6.45) is 9.44. The first-order valence-corrected chi connectivity index (χ1v) is 7.68. The Labute approximate surface area is 124 Å². The van der Waals surface area contributed by atoms with Gasteiger partial charge in [0, 0.05) is 23.8 Å². The molecule has 21 heavy (non-hydrogen) atoms. The monoisotopic (exact) mass is 284 g/mol. The van der Waals surface area contributed by atoms with Crippen LogP contribution in [0.15, 0.2) is 12.3 Å². The standard InChI is InChI=1S/C16H20N4O/c17-9-15-18-10-13-8-14(11-21)20(16(13)19-15)7-6-12-4-2-1-3-5-12/h8,10,12,21H,1-7,11H2. The number of aliphatic hydroxyl groups is 1. The van der Waals surface area contributed by atoms with E-state index in [4.69, 9.17) is 5.26 Å². The molecule has 0 spiro atoms. The molecule has 2 aromatic rings. The minimum Gasteiger partial charge on any atom is -0.390 e. The first-order chi connectivity index (χ1) is 10.3. The van der Waals surface area contributed by atoms with E-state index in [2.05, 4.69) is 9.97 Å². The summed E-state index contributed by atoms with van der Waals surface area (Å²) in [5.41, 5.74) is 1.62. The van der Waals surface area contributed by atoms with Crippen LogP contribution >= 0.6 is 0 Å². The number of rotatable bonds is 4. The highest BCUT2D eigenvalue weighted by molar-refractivity contribution is 5.76. The van der Waals surface area contributed by atoms with E-state index in [0.717, 1.165) is 35.6 Å². The lowest BCUT2D eigenvalue weighted by atomic mass is 9.87. The number of fused-ring (bicyclic) bond motifs is 1. The SMILES string of the molecule is N#Cc1ncc2cc(CO)n(CCC3CCCCC3)c2n1. The van der Waals surface area contributed by atoms with Crippen LogP contribution in [-0.4, -0.2) is 19.6 Å². The Hall–Kier alpha value is -1.93. The van der Waals surface area contributed by atoms with Crippen LogP contribution in [0.4, 0.5) is 0 Å². The molecule has 5 heteroatoms. The summed E-state index contributed by atoms with van der Waals surface area (Å²) in [7, 11) is 0. The Morgan fingerprint density at radius 2 is 2.14 bits per heavy atom. The highest BCUT2D eigenvalue weighted by Gasteiger charge is 2.16. The fraction of sp³-hybridized carbons (Fsp3) is 0.562. The normalized spacial score (nSPS) is 16.2. The van der Waals surface area contributed by atoms with Crippen molar-refractivity contribution in [2.24, 2.45) is 5.92 Å². The van der Waals surface area contributed by atoms with Crippen LogP contribution in [0.3, 0.4) is 0 Å². The van der Waals surface area contributed by atoms with Gasteiger partial charge in [-0.2, -0.15) is 5.26 Å². The smallest absolute Gasteiger partial charge is 0.234 e. The van der Waals surface area contributed by atoms with E-state index in [-0.39, 0.29) is 12.4 Å². The molecule has 1 N–H and O–H groups in total. The zero-order valence-corrected chi connectivity index (χ0v) is 12.1. The quantitative estimate of drug-likeness (QED) is 0.936. The largest absolute Gasteiger partial charge is 0.390 e. The van der Waals surface area contributed by atoms with Crippen LogP contribution in [0, 0.1) is 17.2 Å². The highest BCUT2D eigenvalue weighted by Crippen LogP contribution is 2.28. The topological polar surface area (TPSA) is 74.7 Å². The zero-order valence-electron chi connectivity index (χ0n) is 12.1. The van der Waals surface area contributed by atoms with Crippen LogP contribution in [0.25, 0.3) is 11.0 Å². The lowest BCUT2D eigenvalue weighted by Crippen LogP contribution is -2.12. The second-order valence-corrected chi connectivity index (χ2v) is 5.82. The molecule has 0 saturated heterocycles. The van der Waals surface area contributed by atoms with Gasteiger partial charge in [0.25, 0.3) is 0 Å². The van der Waals surface area contributed by atoms with E-state index in [1.54, 1.807) is 6.20 Å². The van der Waals surface area contributed by atoms with Gasteiger partial charge in [-0.3, -0.25) is 0 Å². The number of nitrogens with zero attached hydrogens (tertiary/aromatic N) is 4. The van der Waals surface area contributed by atoms with Gasteiger partial charge >= 0.3 is 0 Å². The van der Waals surface area contributed by atoms with Crippen LogP contribution < -0.4 is 0 Å². The van der Waals surface area contributed by atoms with Crippen molar-refractivity contribution < 1.29 is 5.11 Å². The Bertz CT molecular complexity index is 665. The summed E-state index contributed by atoms with van der Waals surface area (Å²) < 4.78 is 2.05. The fourth-order valence-electron chi connectivity index (χ4n) is 3.32. The van der Waals surface area contributed by atoms with Gasteiger partial charge in [-0.1, -0.05) is 32.1 Å². The first kappa shape index (κ1) is 14.0. The molecule has 5 nitrogen and oxygen atoms in total. The molecule has 1 aliphatic rings. The van der Waals surface area contributed by atoms with Gasteiger partial charge in [-0.05, 0) is 18.4 Å². The molecule has 0 bridgehead atoms. The van der Waals surface area contributed by atoms with E-state index in [9.17, 15) is 5.11 Å². The molecule has 2 heterocycles. The molecule has 0 aliphatic heterocycles. The molecular weight excluding hydrogens is 264 g/mol. The van der Waals surface area contributed by atoms with Gasteiger partial charge in [0.15, 0.2) is 0 Å². The lowest BCUT2D eigenvalue weighted by Gasteiger charge is -2.22. The number of aliphatic hydroxyl groups excluding tert-OH is 1. The molecule has 2 aromatic heterocycles. The molecule has 1 aliphatic carbocycles. The molecule has 0 aromatic carbocycles. The first-order valence-electron chi connectivity index (χ1n) is 7.68. The summed E-state index contributed by atoms with van der Waals surface area (Å²) in [4.78, 5) is 8.30. The molecule has 1 fully saturated rings. The van der Waals surface area contributed by atoms with Crippen molar-refractivity contribution in [1.29, 1.82) is 5.26 Å². The predicted octanol–water partition coefficient (Wildman–Crippen LogP) is 2.77. The number of aromatic nitrogens is 3. The Balaban J connectivity index is 1.86. The van der Waals surface area contributed by atoms with E-state index >= 15 is 0 Å². The van der Waals surface area contributed by atoms with Crippen molar-refractivity contribution in [3.63, 3.8) is 0 Å². The van der Waals surface area contributed by atoms with Gasteiger partial charge in [0.05, 0.1) is 6.61 Å². The second kappa shape index (κ2) is 6.23. The summed E-state index contributed by atoms with van der Waals surface area (Å²) >= 11 is 0. The van der Waals surface area contributed by atoms with E-state index in [1.807, 2.05) is 16.7 Å². The Morgan fingerprint density at radius 3 is 2.86 bits per heavy atom. The van der Waals surface area contributed by atoms with Crippen molar-refractivity contribution in [3.05, 3.63) is 23.8 Å². The summed E-state index contributed by atoms with van der Waals surface area (Å²) in [6, 6.07) is 3.90. The third kappa shape index (κ3) is 2.91. The van der Waals surface area contributed by atoms with Crippen molar-refractivity contribution in [3.8, 4) is 6.07 Å². The van der Waals surface area contributed by atoms with E-state index in [0.29, 0.717) is 0 Å². The molecule has 0 amide bonds. The maximum atomic E-state index is 9.55. The number of hydrogen-bond donors (Lipinski definition) is 1. The number of aryl methyl sites for hydroxylation is 1. The molecule has 0 atom stereocenters. The number of hydrogen-bond acceptors (Lipinski definition) is 4. The predicted molar refractivity (Wildman–Crippen MR) is 79.4 cm³/mol. The maximum absolute atomic E-state index is 9.55.